The van der Waals surface area contributed by atoms with Crippen molar-refractivity contribution in [2.24, 2.45) is 0 Å². The van der Waals surface area contributed by atoms with Crippen LogP contribution in [0.2, 0.25) is 0 Å². The minimum atomic E-state index is -0.580. The first-order chi connectivity index (χ1) is 11.1. The van der Waals surface area contributed by atoms with Crippen molar-refractivity contribution in [2.75, 3.05) is 6.61 Å². The monoisotopic (exact) mass is 324 g/mol. The second-order valence-corrected chi connectivity index (χ2v) is 5.39. The fourth-order valence-corrected chi connectivity index (χ4v) is 2.04. The van der Waals surface area contributed by atoms with Gasteiger partial charge in [-0.3, -0.25) is 9.59 Å². The van der Waals surface area contributed by atoms with Gasteiger partial charge in [0, 0.05) is 12.8 Å². The molecule has 1 aromatic carbocycles. The Hall–Kier alpha value is -1.91. The fourth-order valence-electron chi connectivity index (χ4n) is 2.04. The van der Waals surface area contributed by atoms with Gasteiger partial charge < -0.3 is 9.47 Å². The summed E-state index contributed by atoms with van der Waals surface area (Å²) < 4.78 is 23.3. The van der Waals surface area contributed by atoms with Crippen molar-refractivity contribution in [2.45, 2.75) is 58.3 Å². The zero-order valence-electron chi connectivity index (χ0n) is 13.7. The third kappa shape index (κ3) is 8.96. The van der Waals surface area contributed by atoms with E-state index in [1.807, 2.05) is 0 Å². The summed E-state index contributed by atoms with van der Waals surface area (Å²) in [6, 6.07) is 5.72. The first-order valence-corrected chi connectivity index (χ1v) is 8.24. The van der Waals surface area contributed by atoms with Crippen LogP contribution in [0.15, 0.2) is 24.3 Å². The lowest BCUT2D eigenvalue weighted by Gasteiger charge is -2.06. The van der Waals surface area contributed by atoms with E-state index in [0.717, 1.165) is 19.3 Å². The zero-order valence-corrected chi connectivity index (χ0v) is 13.7. The van der Waals surface area contributed by atoms with Gasteiger partial charge in [-0.05, 0) is 25.0 Å². The molecule has 0 fully saturated rings. The Bertz CT molecular complexity index is 488. The van der Waals surface area contributed by atoms with E-state index in [1.54, 1.807) is 6.07 Å². The first kappa shape index (κ1) is 19.1. The van der Waals surface area contributed by atoms with Crippen LogP contribution in [0.5, 0.6) is 5.75 Å². The van der Waals surface area contributed by atoms with Crippen LogP contribution in [-0.4, -0.2) is 18.5 Å². The Balaban J connectivity index is 2.08. The summed E-state index contributed by atoms with van der Waals surface area (Å²) in [5.41, 5.74) is 0. The number of hydrogen-bond donors (Lipinski definition) is 0. The number of halogens is 1. The van der Waals surface area contributed by atoms with Gasteiger partial charge in [0.2, 0.25) is 0 Å². The van der Waals surface area contributed by atoms with Crippen LogP contribution in [0.4, 0.5) is 4.39 Å². The van der Waals surface area contributed by atoms with Gasteiger partial charge in [0.15, 0.2) is 11.6 Å². The second kappa shape index (κ2) is 11.6. The average molecular weight is 324 g/mol. The van der Waals surface area contributed by atoms with E-state index in [4.69, 9.17) is 9.47 Å². The van der Waals surface area contributed by atoms with Crippen molar-refractivity contribution in [1.29, 1.82) is 0 Å². The Morgan fingerprint density at radius 1 is 0.957 bits per heavy atom. The highest BCUT2D eigenvalue weighted by Crippen LogP contribution is 2.16. The second-order valence-electron chi connectivity index (χ2n) is 5.39. The summed E-state index contributed by atoms with van der Waals surface area (Å²) in [5.74, 6) is -1.53. The van der Waals surface area contributed by atoms with Crippen molar-refractivity contribution >= 4 is 11.9 Å². The fraction of sp³-hybridized carbons (Fsp3) is 0.556. The van der Waals surface area contributed by atoms with E-state index < -0.39 is 11.8 Å². The minimum Gasteiger partial charge on any atom is -0.466 e. The molecule has 0 saturated carbocycles. The quantitative estimate of drug-likeness (QED) is 0.343. The number of rotatable bonds is 11. The molecule has 5 heteroatoms. The predicted molar refractivity (Wildman–Crippen MR) is 85.6 cm³/mol. The summed E-state index contributed by atoms with van der Waals surface area (Å²) >= 11 is 0. The Morgan fingerprint density at radius 2 is 1.65 bits per heavy atom. The molecule has 1 rings (SSSR count). The SMILES string of the molecule is CCCCCCCOC(=O)CCCC(=O)Oc1ccccc1F. The Labute approximate surface area is 137 Å². The third-order valence-corrected chi connectivity index (χ3v) is 3.33. The van der Waals surface area contributed by atoms with Crippen molar-refractivity contribution in [3.05, 3.63) is 30.1 Å². The van der Waals surface area contributed by atoms with Crippen LogP contribution in [0.25, 0.3) is 0 Å². The number of carbonyl (C=O) groups excluding carboxylic acids is 2. The molecule has 0 saturated heterocycles. The molecule has 0 bridgehead atoms. The molecule has 0 amide bonds. The largest absolute Gasteiger partial charge is 0.466 e. The molecule has 0 aliphatic heterocycles. The number of para-hydroxylation sites is 1. The topological polar surface area (TPSA) is 52.6 Å². The lowest BCUT2D eigenvalue weighted by atomic mass is 10.2. The molecule has 0 radical (unpaired) electrons. The van der Waals surface area contributed by atoms with Gasteiger partial charge in [0.25, 0.3) is 0 Å². The van der Waals surface area contributed by atoms with Crippen LogP contribution in [0, 0.1) is 5.82 Å². The number of esters is 2. The Kier molecular flexibility index (Phi) is 9.68. The Morgan fingerprint density at radius 3 is 2.39 bits per heavy atom. The van der Waals surface area contributed by atoms with Gasteiger partial charge in [0.1, 0.15) is 0 Å². The van der Waals surface area contributed by atoms with Crippen LogP contribution in [0.3, 0.4) is 0 Å². The molecule has 0 aromatic heterocycles. The molecular weight excluding hydrogens is 299 g/mol. The molecule has 0 unspecified atom stereocenters. The van der Waals surface area contributed by atoms with E-state index in [2.05, 4.69) is 6.92 Å². The molecule has 0 N–H and O–H groups in total. The van der Waals surface area contributed by atoms with Crippen molar-refractivity contribution in [3.8, 4) is 5.75 Å². The first-order valence-electron chi connectivity index (χ1n) is 8.24. The molecule has 0 spiro atoms. The number of ether oxygens (including phenoxy) is 2. The molecule has 0 aliphatic carbocycles. The standard InChI is InChI=1S/C18H25FO4/c1-2-3-4-5-8-14-22-17(20)12-9-13-18(21)23-16-11-7-6-10-15(16)19/h6-7,10-11H,2-5,8-9,12-14H2,1H3. The zero-order chi connectivity index (χ0) is 16.9. The minimum absolute atomic E-state index is 0.0555. The third-order valence-electron chi connectivity index (χ3n) is 3.33. The van der Waals surface area contributed by atoms with Crippen molar-refractivity contribution in [1.82, 2.24) is 0 Å². The van der Waals surface area contributed by atoms with E-state index in [-0.39, 0.29) is 24.6 Å². The van der Waals surface area contributed by atoms with Crippen LogP contribution in [0.1, 0.15) is 58.3 Å². The van der Waals surface area contributed by atoms with Crippen LogP contribution in [-0.2, 0) is 14.3 Å². The summed E-state index contributed by atoms with van der Waals surface area (Å²) in [7, 11) is 0. The van der Waals surface area contributed by atoms with Gasteiger partial charge in [-0.2, -0.15) is 0 Å². The summed E-state index contributed by atoms with van der Waals surface area (Å²) in [5, 5.41) is 0. The lowest BCUT2D eigenvalue weighted by molar-refractivity contribution is -0.144. The summed E-state index contributed by atoms with van der Waals surface area (Å²) in [6.07, 6.45) is 6.05. The maximum atomic E-state index is 13.3. The van der Waals surface area contributed by atoms with E-state index >= 15 is 0 Å². The van der Waals surface area contributed by atoms with E-state index in [0.29, 0.717) is 13.0 Å². The molecular formula is C18H25FO4. The van der Waals surface area contributed by atoms with Gasteiger partial charge >= 0.3 is 11.9 Å². The number of carbonyl (C=O) groups is 2. The van der Waals surface area contributed by atoms with E-state index in [1.165, 1.54) is 31.0 Å². The van der Waals surface area contributed by atoms with Gasteiger partial charge in [-0.25, -0.2) is 4.39 Å². The molecule has 23 heavy (non-hydrogen) atoms. The lowest BCUT2D eigenvalue weighted by Crippen LogP contribution is -2.11. The number of benzene rings is 1. The summed E-state index contributed by atoms with van der Waals surface area (Å²) in [4.78, 5) is 23.1. The number of hydrogen-bond acceptors (Lipinski definition) is 4. The highest BCUT2D eigenvalue weighted by Gasteiger charge is 2.10. The maximum Gasteiger partial charge on any atom is 0.311 e. The normalized spacial score (nSPS) is 10.3. The summed E-state index contributed by atoms with van der Waals surface area (Å²) in [6.45, 7) is 2.58. The molecule has 0 aliphatic rings. The molecule has 0 atom stereocenters. The van der Waals surface area contributed by atoms with Crippen molar-refractivity contribution < 1.29 is 23.5 Å². The van der Waals surface area contributed by atoms with Gasteiger partial charge in [0.05, 0.1) is 6.61 Å². The van der Waals surface area contributed by atoms with Crippen LogP contribution >= 0.6 is 0 Å². The molecule has 1 aromatic rings. The molecule has 0 heterocycles. The van der Waals surface area contributed by atoms with Crippen molar-refractivity contribution in [3.63, 3.8) is 0 Å². The molecule has 4 nitrogen and oxygen atoms in total. The van der Waals surface area contributed by atoms with Crippen LogP contribution < -0.4 is 4.74 Å². The molecule has 128 valence electrons. The van der Waals surface area contributed by atoms with Gasteiger partial charge in [-0.15, -0.1) is 0 Å². The highest BCUT2D eigenvalue weighted by atomic mass is 19.1. The average Bonchev–Trinajstić information content (AvgIpc) is 2.53. The number of unbranched alkanes of at least 4 members (excludes halogenated alkanes) is 4. The predicted octanol–water partition coefficient (Wildman–Crippen LogP) is 4.42. The highest BCUT2D eigenvalue weighted by molar-refractivity contribution is 5.74. The van der Waals surface area contributed by atoms with Gasteiger partial charge in [-0.1, -0.05) is 44.7 Å². The smallest absolute Gasteiger partial charge is 0.311 e. The van der Waals surface area contributed by atoms with E-state index in [9.17, 15) is 14.0 Å². The maximum absolute atomic E-state index is 13.3.